The van der Waals surface area contributed by atoms with Crippen molar-refractivity contribution in [2.24, 2.45) is 0 Å². The molecule has 5 nitrogen and oxygen atoms in total. The third-order valence-electron chi connectivity index (χ3n) is 3.00. The number of carbonyl (C=O) groups is 1. The number of rotatable bonds is 5. The molecule has 0 aliphatic rings. The molecule has 0 saturated heterocycles. The first-order valence-electron chi connectivity index (χ1n) is 6.71. The molecular weight excluding hydrogens is 284 g/mol. The van der Waals surface area contributed by atoms with Crippen LogP contribution < -0.4 is 4.74 Å². The summed E-state index contributed by atoms with van der Waals surface area (Å²) in [6.07, 6.45) is 1.35. The van der Waals surface area contributed by atoms with Crippen LogP contribution >= 0.6 is 0 Å². The van der Waals surface area contributed by atoms with Crippen molar-refractivity contribution < 1.29 is 24.9 Å². The molecule has 0 unspecified atom stereocenters. The lowest BCUT2D eigenvalue weighted by Gasteiger charge is -2.08. The standard InChI is InChI=1S/C17H16O5/c1-2-22-14-5-3-4-11(8-14)15(17(20)21)9-12-6-7-13(18)10-16(12)19/h3-10,18-19H,2H2,1H3,(H,20,21)/b15-9-. The van der Waals surface area contributed by atoms with Gasteiger partial charge >= 0.3 is 5.97 Å². The third kappa shape index (κ3) is 3.58. The maximum absolute atomic E-state index is 11.5. The van der Waals surface area contributed by atoms with Crippen LogP contribution in [0, 0.1) is 0 Å². The van der Waals surface area contributed by atoms with Crippen LogP contribution in [0.15, 0.2) is 42.5 Å². The van der Waals surface area contributed by atoms with Gasteiger partial charge in [0.15, 0.2) is 0 Å². The second-order valence-corrected chi connectivity index (χ2v) is 4.57. The highest BCUT2D eigenvalue weighted by Crippen LogP contribution is 2.28. The zero-order valence-corrected chi connectivity index (χ0v) is 12.0. The molecule has 2 rings (SSSR count). The van der Waals surface area contributed by atoms with Crippen molar-refractivity contribution in [2.75, 3.05) is 6.61 Å². The van der Waals surface area contributed by atoms with Crippen LogP contribution in [-0.4, -0.2) is 27.9 Å². The fourth-order valence-electron chi connectivity index (χ4n) is 2.00. The summed E-state index contributed by atoms with van der Waals surface area (Å²) in [6.45, 7) is 2.32. The normalized spacial score (nSPS) is 11.2. The molecule has 114 valence electrons. The Bertz CT molecular complexity index is 719. The Labute approximate surface area is 127 Å². The fourth-order valence-corrected chi connectivity index (χ4v) is 2.00. The van der Waals surface area contributed by atoms with Crippen LogP contribution in [-0.2, 0) is 4.79 Å². The monoisotopic (exact) mass is 300 g/mol. The maximum Gasteiger partial charge on any atom is 0.336 e. The van der Waals surface area contributed by atoms with E-state index >= 15 is 0 Å². The average Bonchev–Trinajstić information content (AvgIpc) is 2.46. The first-order valence-corrected chi connectivity index (χ1v) is 6.71. The lowest BCUT2D eigenvalue weighted by Crippen LogP contribution is -2.00. The summed E-state index contributed by atoms with van der Waals surface area (Å²) >= 11 is 0. The zero-order valence-electron chi connectivity index (χ0n) is 12.0. The van der Waals surface area contributed by atoms with E-state index in [0.29, 0.717) is 23.5 Å². The van der Waals surface area contributed by atoms with Gasteiger partial charge < -0.3 is 20.1 Å². The summed E-state index contributed by atoms with van der Waals surface area (Å²) < 4.78 is 5.36. The van der Waals surface area contributed by atoms with Crippen LogP contribution in [0.4, 0.5) is 0 Å². The lowest BCUT2D eigenvalue weighted by atomic mass is 10.0. The molecule has 0 fully saturated rings. The van der Waals surface area contributed by atoms with Gasteiger partial charge in [-0.15, -0.1) is 0 Å². The van der Waals surface area contributed by atoms with Crippen molar-refractivity contribution in [3.63, 3.8) is 0 Å². The summed E-state index contributed by atoms with van der Waals surface area (Å²) in [4.78, 5) is 11.5. The number of aromatic hydroxyl groups is 2. The Morgan fingerprint density at radius 1 is 1.18 bits per heavy atom. The van der Waals surface area contributed by atoms with E-state index in [0.717, 1.165) is 6.07 Å². The first kappa shape index (κ1) is 15.4. The molecular formula is C17H16O5. The van der Waals surface area contributed by atoms with Crippen LogP contribution in [0.3, 0.4) is 0 Å². The predicted octanol–water partition coefficient (Wildman–Crippen LogP) is 3.12. The lowest BCUT2D eigenvalue weighted by molar-refractivity contribution is -0.130. The van der Waals surface area contributed by atoms with Gasteiger partial charge in [0.2, 0.25) is 0 Å². The number of ether oxygens (including phenoxy) is 1. The van der Waals surface area contributed by atoms with Gasteiger partial charge in [0.1, 0.15) is 17.2 Å². The molecule has 3 N–H and O–H groups in total. The second-order valence-electron chi connectivity index (χ2n) is 4.57. The molecule has 5 heteroatoms. The molecule has 0 aromatic heterocycles. The Hall–Kier alpha value is -2.95. The van der Waals surface area contributed by atoms with Crippen molar-refractivity contribution in [3.05, 3.63) is 53.6 Å². The molecule has 2 aromatic rings. The first-order chi connectivity index (χ1) is 10.5. The van der Waals surface area contributed by atoms with Gasteiger partial charge in [0, 0.05) is 11.6 Å². The minimum Gasteiger partial charge on any atom is -0.508 e. The number of hydrogen-bond acceptors (Lipinski definition) is 4. The zero-order chi connectivity index (χ0) is 16.1. The van der Waals surface area contributed by atoms with E-state index in [9.17, 15) is 20.1 Å². The van der Waals surface area contributed by atoms with E-state index in [-0.39, 0.29) is 17.1 Å². The fraction of sp³-hybridized carbons (Fsp3) is 0.118. The van der Waals surface area contributed by atoms with Crippen molar-refractivity contribution in [1.82, 2.24) is 0 Å². The Morgan fingerprint density at radius 3 is 2.59 bits per heavy atom. The average molecular weight is 300 g/mol. The summed E-state index contributed by atoms with van der Waals surface area (Å²) in [5.41, 5.74) is 0.783. The van der Waals surface area contributed by atoms with Gasteiger partial charge in [0.25, 0.3) is 0 Å². The Morgan fingerprint density at radius 2 is 1.95 bits per heavy atom. The van der Waals surface area contributed by atoms with Crippen molar-refractivity contribution in [2.45, 2.75) is 6.92 Å². The summed E-state index contributed by atoms with van der Waals surface area (Å²) in [5.74, 6) is -0.840. The summed E-state index contributed by atoms with van der Waals surface area (Å²) in [7, 11) is 0. The highest BCUT2D eigenvalue weighted by molar-refractivity contribution is 6.20. The molecule has 0 saturated carbocycles. The number of aliphatic carboxylic acids is 1. The van der Waals surface area contributed by atoms with Gasteiger partial charge in [-0.25, -0.2) is 4.79 Å². The topological polar surface area (TPSA) is 87.0 Å². The third-order valence-corrected chi connectivity index (χ3v) is 3.00. The van der Waals surface area contributed by atoms with Gasteiger partial charge in [-0.1, -0.05) is 12.1 Å². The minimum absolute atomic E-state index is 0.0162. The number of carboxylic acid groups (broad SMARTS) is 1. The van der Waals surface area contributed by atoms with Gasteiger partial charge in [-0.3, -0.25) is 0 Å². The van der Waals surface area contributed by atoms with Gasteiger partial charge in [-0.05, 0) is 42.8 Å². The van der Waals surface area contributed by atoms with E-state index in [1.54, 1.807) is 24.3 Å². The van der Waals surface area contributed by atoms with Crippen LogP contribution in [0.25, 0.3) is 11.6 Å². The number of carboxylic acids is 1. The quantitative estimate of drug-likeness (QED) is 0.583. The number of phenolic OH excluding ortho intramolecular Hbond substituents is 2. The predicted molar refractivity (Wildman–Crippen MR) is 82.9 cm³/mol. The van der Waals surface area contributed by atoms with Crippen LogP contribution in [0.2, 0.25) is 0 Å². The largest absolute Gasteiger partial charge is 0.508 e. The molecule has 0 bridgehead atoms. The van der Waals surface area contributed by atoms with Crippen molar-refractivity contribution >= 4 is 17.6 Å². The molecule has 0 aliphatic carbocycles. The van der Waals surface area contributed by atoms with E-state index < -0.39 is 5.97 Å². The van der Waals surface area contributed by atoms with E-state index in [2.05, 4.69) is 0 Å². The molecule has 0 spiro atoms. The number of hydrogen-bond donors (Lipinski definition) is 3. The van der Waals surface area contributed by atoms with E-state index in [1.165, 1.54) is 18.2 Å². The van der Waals surface area contributed by atoms with E-state index in [4.69, 9.17) is 4.74 Å². The molecule has 0 aliphatic heterocycles. The van der Waals surface area contributed by atoms with Gasteiger partial charge in [-0.2, -0.15) is 0 Å². The molecule has 0 heterocycles. The highest BCUT2D eigenvalue weighted by Gasteiger charge is 2.13. The molecule has 0 atom stereocenters. The molecule has 22 heavy (non-hydrogen) atoms. The maximum atomic E-state index is 11.5. The Kier molecular flexibility index (Phi) is 4.68. The highest BCUT2D eigenvalue weighted by atomic mass is 16.5. The SMILES string of the molecule is CCOc1cccc(/C(=C/c2ccc(O)cc2O)C(=O)O)c1. The van der Waals surface area contributed by atoms with Crippen LogP contribution in [0.5, 0.6) is 17.2 Å². The van der Waals surface area contributed by atoms with Crippen LogP contribution in [0.1, 0.15) is 18.1 Å². The van der Waals surface area contributed by atoms with Crippen molar-refractivity contribution in [1.29, 1.82) is 0 Å². The second kappa shape index (κ2) is 6.67. The molecule has 0 amide bonds. The number of phenols is 2. The van der Waals surface area contributed by atoms with Crippen molar-refractivity contribution in [3.8, 4) is 17.2 Å². The Balaban J connectivity index is 2.48. The molecule has 0 radical (unpaired) electrons. The molecule has 2 aromatic carbocycles. The van der Waals surface area contributed by atoms with Gasteiger partial charge in [0.05, 0.1) is 12.2 Å². The minimum atomic E-state index is -1.12. The number of benzene rings is 2. The summed E-state index contributed by atoms with van der Waals surface area (Å²) in [5, 5.41) is 28.5. The smallest absolute Gasteiger partial charge is 0.336 e. The van der Waals surface area contributed by atoms with E-state index in [1.807, 2.05) is 6.92 Å². The summed E-state index contributed by atoms with van der Waals surface area (Å²) in [6, 6.07) is 10.7.